The number of ether oxygens (including phenoxy) is 4. The Balaban J connectivity index is 1.37. The van der Waals surface area contributed by atoms with Gasteiger partial charge in [-0.25, -0.2) is 4.98 Å². The minimum Gasteiger partial charge on any atom is -0.507 e. The highest BCUT2D eigenvalue weighted by Gasteiger charge is 2.48. The second kappa shape index (κ2) is 12.4. The van der Waals surface area contributed by atoms with Crippen molar-refractivity contribution in [1.29, 1.82) is 0 Å². The van der Waals surface area contributed by atoms with Crippen LogP contribution in [0.1, 0.15) is 40.8 Å². The molecule has 2 aliphatic heterocycles. The van der Waals surface area contributed by atoms with Crippen LogP contribution in [0.2, 0.25) is 0 Å². The number of thiazole rings is 1. The molecule has 47 heavy (non-hydrogen) atoms. The molecule has 1 atom stereocenters. The van der Waals surface area contributed by atoms with Crippen molar-refractivity contribution in [2.45, 2.75) is 33.4 Å². The Bertz CT molecular complexity index is 2050. The number of nitrogens with zero attached hydrogens (tertiary/aromatic N) is 2. The monoisotopic (exact) mass is 648 g/mol. The Morgan fingerprint density at radius 1 is 0.936 bits per heavy atom. The molecular formula is C37H32N2O7S. The van der Waals surface area contributed by atoms with E-state index < -0.39 is 17.7 Å². The third-order valence-electron chi connectivity index (χ3n) is 8.11. The van der Waals surface area contributed by atoms with E-state index in [0.717, 1.165) is 26.9 Å². The largest absolute Gasteiger partial charge is 0.507 e. The number of ketones is 1. The van der Waals surface area contributed by atoms with Gasteiger partial charge in [0.25, 0.3) is 5.78 Å². The van der Waals surface area contributed by atoms with Crippen LogP contribution in [0.4, 0.5) is 5.13 Å². The number of amides is 1. The second-order valence-electron chi connectivity index (χ2n) is 11.4. The zero-order valence-corrected chi connectivity index (χ0v) is 26.9. The first-order valence-corrected chi connectivity index (χ1v) is 16.2. The molecule has 1 unspecified atom stereocenters. The molecule has 1 fully saturated rings. The molecule has 1 aromatic heterocycles. The minimum absolute atomic E-state index is 0.0701. The van der Waals surface area contributed by atoms with Crippen LogP contribution in [-0.4, -0.2) is 41.6 Å². The van der Waals surface area contributed by atoms with Crippen LogP contribution in [0.25, 0.3) is 16.0 Å². The molecule has 3 heterocycles. The number of hydrogen-bond acceptors (Lipinski definition) is 9. The van der Waals surface area contributed by atoms with Gasteiger partial charge in [-0.3, -0.25) is 14.5 Å². The van der Waals surface area contributed by atoms with E-state index in [1.54, 1.807) is 36.4 Å². The van der Waals surface area contributed by atoms with Crippen molar-refractivity contribution in [1.82, 2.24) is 4.98 Å². The number of aliphatic hydroxyl groups is 1. The van der Waals surface area contributed by atoms with E-state index in [1.165, 1.54) is 16.2 Å². The van der Waals surface area contributed by atoms with E-state index in [0.29, 0.717) is 65.7 Å². The topological polar surface area (TPSA) is 107 Å². The predicted molar refractivity (Wildman–Crippen MR) is 180 cm³/mol. The molecule has 7 rings (SSSR count). The first kappa shape index (κ1) is 30.3. The standard InChI is InChI=1S/C37H32N2O7S/c1-4-43-28-18-24(10-12-27(28)46-20-23-8-6-5-7-9-23)33-31(34(40)25-11-13-26-29(19-25)45-15-14-44-26)35(41)36(42)39(33)37-38-32-22(3)16-21(2)17-30(32)47-37/h5-13,16-19,33,40H,4,14-15,20H2,1-3H3/b34-31-. The van der Waals surface area contributed by atoms with Gasteiger partial charge in [0, 0.05) is 5.56 Å². The Hall–Kier alpha value is -5.35. The Labute approximate surface area is 275 Å². The summed E-state index contributed by atoms with van der Waals surface area (Å²) in [5.41, 5.74) is 4.57. The van der Waals surface area contributed by atoms with Gasteiger partial charge in [0.15, 0.2) is 28.1 Å². The number of anilines is 1. The number of aryl methyl sites for hydroxylation is 2. The van der Waals surface area contributed by atoms with Gasteiger partial charge < -0.3 is 24.1 Å². The van der Waals surface area contributed by atoms with Gasteiger partial charge in [0.2, 0.25) is 0 Å². The number of hydrogen-bond donors (Lipinski definition) is 1. The number of aromatic nitrogens is 1. The zero-order chi connectivity index (χ0) is 32.7. The van der Waals surface area contributed by atoms with E-state index in [1.807, 2.05) is 63.2 Å². The fourth-order valence-corrected chi connectivity index (χ4v) is 7.14. The number of fused-ring (bicyclic) bond motifs is 2. The van der Waals surface area contributed by atoms with Gasteiger partial charge in [-0.1, -0.05) is 53.8 Å². The van der Waals surface area contributed by atoms with Crippen molar-refractivity contribution in [2.75, 3.05) is 24.7 Å². The summed E-state index contributed by atoms with van der Waals surface area (Å²) < 4.78 is 24.4. The number of rotatable bonds is 8. The van der Waals surface area contributed by atoms with Gasteiger partial charge in [-0.15, -0.1) is 0 Å². The molecule has 0 bridgehead atoms. The van der Waals surface area contributed by atoms with Crippen LogP contribution >= 0.6 is 11.3 Å². The summed E-state index contributed by atoms with van der Waals surface area (Å²) in [6.07, 6.45) is 0. The number of benzene rings is 4. The lowest BCUT2D eigenvalue weighted by molar-refractivity contribution is -0.132. The molecule has 9 nitrogen and oxygen atoms in total. The van der Waals surface area contributed by atoms with Gasteiger partial charge in [-0.05, 0) is 79.4 Å². The average Bonchev–Trinajstić information content (AvgIpc) is 3.62. The number of carbonyl (C=O) groups is 2. The zero-order valence-electron chi connectivity index (χ0n) is 26.1. The Kier molecular flexibility index (Phi) is 8.03. The minimum atomic E-state index is -1.01. The van der Waals surface area contributed by atoms with Gasteiger partial charge in [0.05, 0.1) is 28.4 Å². The summed E-state index contributed by atoms with van der Waals surface area (Å²) in [6, 6.07) is 23.1. The second-order valence-corrected chi connectivity index (χ2v) is 12.4. The molecule has 10 heteroatoms. The maximum atomic E-state index is 13.9. The molecule has 1 saturated heterocycles. The molecule has 5 aromatic rings. The molecule has 2 aliphatic rings. The van der Waals surface area contributed by atoms with Crippen molar-refractivity contribution in [3.8, 4) is 23.0 Å². The highest BCUT2D eigenvalue weighted by atomic mass is 32.1. The molecule has 0 aliphatic carbocycles. The number of aliphatic hydroxyl groups excluding tert-OH is 1. The third-order valence-corrected chi connectivity index (χ3v) is 9.11. The molecular weight excluding hydrogens is 616 g/mol. The SMILES string of the molecule is CCOc1cc(C2/C(=C(/O)c3ccc4c(c3)OCCO4)C(=O)C(=O)N2c2nc3c(C)cc(C)cc3s2)ccc1OCc1ccccc1. The summed E-state index contributed by atoms with van der Waals surface area (Å²) in [4.78, 5) is 34.0. The quantitative estimate of drug-likeness (QED) is 0.106. The summed E-state index contributed by atoms with van der Waals surface area (Å²) in [7, 11) is 0. The first-order valence-electron chi connectivity index (χ1n) is 15.3. The summed E-state index contributed by atoms with van der Waals surface area (Å²) in [5.74, 6) is 0.0000958. The smallest absolute Gasteiger partial charge is 0.301 e. The molecule has 0 radical (unpaired) electrons. The maximum absolute atomic E-state index is 13.9. The third kappa shape index (κ3) is 5.65. The van der Waals surface area contributed by atoms with Crippen LogP contribution in [0.15, 0.2) is 84.4 Å². The molecule has 0 spiro atoms. The van der Waals surface area contributed by atoms with Crippen LogP contribution in [0.3, 0.4) is 0 Å². The predicted octanol–water partition coefficient (Wildman–Crippen LogP) is 7.29. The van der Waals surface area contributed by atoms with E-state index >= 15 is 0 Å². The normalized spacial score (nSPS) is 16.9. The summed E-state index contributed by atoms with van der Waals surface area (Å²) in [5, 5.41) is 12.1. The lowest BCUT2D eigenvalue weighted by Crippen LogP contribution is -2.29. The molecule has 1 N–H and O–H groups in total. The van der Waals surface area contributed by atoms with Crippen molar-refractivity contribution in [2.24, 2.45) is 0 Å². The number of Topliss-reactive ketones (excluding diaryl/α,β-unsaturated/α-hetero) is 1. The lowest BCUT2D eigenvalue weighted by atomic mass is 9.95. The van der Waals surface area contributed by atoms with Crippen molar-refractivity contribution in [3.05, 3.63) is 112 Å². The van der Waals surface area contributed by atoms with Crippen molar-refractivity contribution in [3.63, 3.8) is 0 Å². The van der Waals surface area contributed by atoms with Crippen LogP contribution in [0, 0.1) is 13.8 Å². The van der Waals surface area contributed by atoms with Gasteiger partial charge in [-0.2, -0.15) is 0 Å². The van der Waals surface area contributed by atoms with Crippen LogP contribution < -0.4 is 23.8 Å². The highest BCUT2D eigenvalue weighted by molar-refractivity contribution is 7.22. The Morgan fingerprint density at radius 2 is 1.72 bits per heavy atom. The highest BCUT2D eigenvalue weighted by Crippen LogP contribution is 2.47. The molecule has 238 valence electrons. The van der Waals surface area contributed by atoms with Crippen LogP contribution in [0.5, 0.6) is 23.0 Å². The first-order chi connectivity index (χ1) is 22.8. The Morgan fingerprint density at radius 3 is 2.51 bits per heavy atom. The van der Waals surface area contributed by atoms with E-state index in [2.05, 4.69) is 0 Å². The summed E-state index contributed by atoms with van der Waals surface area (Å²) >= 11 is 1.32. The van der Waals surface area contributed by atoms with Crippen molar-refractivity contribution < 1.29 is 33.6 Å². The lowest BCUT2D eigenvalue weighted by Gasteiger charge is -2.24. The molecule has 4 aromatic carbocycles. The van der Waals surface area contributed by atoms with Gasteiger partial charge >= 0.3 is 5.91 Å². The van der Waals surface area contributed by atoms with Crippen LogP contribution in [-0.2, 0) is 16.2 Å². The van der Waals surface area contributed by atoms with E-state index in [-0.39, 0.29) is 11.3 Å². The average molecular weight is 649 g/mol. The fourth-order valence-electron chi connectivity index (χ4n) is 5.97. The number of carbonyl (C=O) groups excluding carboxylic acids is 2. The molecule has 1 amide bonds. The molecule has 0 saturated carbocycles. The van der Waals surface area contributed by atoms with E-state index in [4.69, 9.17) is 23.9 Å². The fraction of sp³-hybridized carbons (Fsp3) is 0.216. The van der Waals surface area contributed by atoms with Gasteiger partial charge in [0.1, 0.15) is 25.6 Å². The van der Waals surface area contributed by atoms with E-state index in [9.17, 15) is 14.7 Å². The summed E-state index contributed by atoms with van der Waals surface area (Å²) in [6.45, 7) is 7.30. The maximum Gasteiger partial charge on any atom is 0.301 e. The van der Waals surface area contributed by atoms with Crippen molar-refractivity contribution >= 4 is 44.1 Å².